The summed E-state index contributed by atoms with van der Waals surface area (Å²) < 4.78 is 53.2. The topological polar surface area (TPSA) is 69.7 Å². The molecule has 0 bridgehead atoms. The van der Waals surface area contributed by atoms with Gasteiger partial charge in [0.15, 0.2) is 0 Å². The van der Waals surface area contributed by atoms with Gasteiger partial charge in [0, 0.05) is 32.7 Å². The van der Waals surface area contributed by atoms with Gasteiger partial charge in [0.2, 0.25) is 15.9 Å². The van der Waals surface area contributed by atoms with Crippen LogP contribution in [0.5, 0.6) is 0 Å². The average Bonchev–Trinajstić information content (AvgIpc) is 2.56. The van der Waals surface area contributed by atoms with Gasteiger partial charge >= 0.3 is 0 Å². The van der Waals surface area contributed by atoms with Crippen molar-refractivity contribution >= 4 is 15.9 Å². The molecule has 1 fully saturated rings. The molecule has 1 amide bonds. The Morgan fingerprint density at radius 2 is 1.88 bits per heavy atom. The number of piperazine rings is 1. The van der Waals surface area contributed by atoms with E-state index in [0.29, 0.717) is 25.7 Å². The molecule has 1 atom stereocenters. The van der Waals surface area contributed by atoms with Crippen LogP contribution in [0, 0.1) is 11.6 Å². The molecule has 1 aliphatic heterocycles. The normalized spacial score (nSPS) is 18.3. The van der Waals surface area contributed by atoms with Crippen molar-refractivity contribution in [3.05, 3.63) is 29.8 Å². The van der Waals surface area contributed by atoms with E-state index in [-0.39, 0.29) is 25.0 Å². The predicted molar refractivity (Wildman–Crippen MR) is 84.8 cm³/mol. The molecule has 0 saturated carbocycles. The Bertz CT molecular complexity index is 704. The van der Waals surface area contributed by atoms with Crippen LogP contribution in [0.25, 0.3) is 0 Å². The molecule has 1 heterocycles. The Labute approximate surface area is 140 Å². The van der Waals surface area contributed by atoms with E-state index in [2.05, 4.69) is 5.32 Å². The highest BCUT2D eigenvalue weighted by atomic mass is 32.2. The Balaban J connectivity index is 2.08. The Morgan fingerprint density at radius 1 is 1.25 bits per heavy atom. The third kappa shape index (κ3) is 3.90. The monoisotopic (exact) mass is 361 g/mol. The molecule has 0 aliphatic carbocycles. The first kappa shape index (κ1) is 18.8. The van der Waals surface area contributed by atoms with E-state index in [9.17, 15) is 22.0 Å². The van der Waals surface area contributed by atoms with E-state index in [1.807, 2.05) is 11.8 Å². The maximum absolute atomic E-state index is 13.8. The minimum Gasteiger partial charge on any atom is -0.355 e. The van der Waals surface area contributed by atoms with Crippen molar-refractivity contribution in [1.82, 2.24) is 14.5 Å². The summed E-state index contributed by atoms with van der Waals surface area (Å²) in [5.74, 6) is -1.90. The zero-order valence-corrected chi connectivity index (χ0v) is 14.4. The molecule has 1 aromatic carbocycles. The summed E-state index contributed by atoms with van der Waals surface area (Å²) in [6, 6.07) is 1.99. The Hall–Kier alpha value is -1.58. The van der Waals surface area contributed by atoms with Gasteiger partial charge in [-0.2, -0.15) is 4.31 Å². The fraction of sp³-hybridized carbons (Fsp3) is 0.533. The van der Waals surface area contributed by atoms with Crippen LogP contribution >= 0.6 is 0 Å². The summed E-state index contributed by atoms with van der Waals surface area (Å²) in [6.07, 6.45) is 0. The number of rotatable bonds is 5. The van der Waals surface area contributed by atoms with E-state index >= 15 is 0 Å². The van der Waals surface area contributed by atoms with Gasteiger partial charge in [-0.25, -0.2) is 17.2 Å². The number of halogens is 2. The zero-order chi connectivity index (χ0) is 17.9. The van der Waals surface area contributed by atoms with Crippen LogP contribution in [0.4, 0.5) is 8.78 Å². The molecule has 1 aromatic rings. The molecule has 24 heavy (non-hydrogen) atoms. The van der Waals surface area contributed by atoms with Crippen LogP contribution in [0.3, 0.4) is 0 Å². The molecular formula is C15H21F2N3O3S. The van der Waals surface area contributed by atoms with Gasteiger partial charge in [0.1, 0.15) is 16.5 Å². The number of sulfonamides is 1. The number of amides is 1. The second kappa shape index (κ2) is 7.54. The first-order chi connectivity index (χ1) is 11.3. The molecule has 2 rings (SSSR count). The summed E-state index contributed by atoms with van der Waals surface area (Å²) in [7, 11) is -4.10. The number of hydrogen-bond donors (Lipinski definition) is 1. The smallest absolute Gasteiger partial charge is 0.246 e. The van der Waals surface area contributed by atoms with Crippen LogP contribution in [-0.2, 0) is 14.8 Å². The van der Waals surface area contributed by atoms with Crippen molar-refractivity contribution in [3.8, 4) is 0 Å². The largest absolute Gasteiger partial charge is 0.355 e. The number of nitrogens with zero attached hydrogens (tertiary/aromatic N) is 2. The maximum atomic E-state index is 13.8. The first-order valence-electron chi connectivity index (χ1n) is 7.74. The summed E-state index contributed by atoms with van der Waals surface area (Å²) in [4.78, 5) is 13.0. The number of carbonyl (C=O) groups excluding carboxylic acids is 1. The summed E-state index contributed by atoms with van der Waals surface area (Å²) in [6.45, 7) is 5.01. The van der Waals surface area contributed by atoms with Gasteiger partial charge in [-0.3, -0.25) is 9.69 Å². The molecule has 1 N–H and O–H groups in total. The SMILES string of the molecule is CCNC(=O)[C@@H](C)N1CCN(S(=O)(=O)c2cc(F)ccc2F)CC1. The third-order valence-corrected chi connectivity index (χ3v) is 5.98. The van der Waals surface area contributed by atoms with E-state index in [4.69, 9.17) is 0 Å². The molecule has 0 aromatic heterocycles. The Kier molecular flexibility index (Phi) is 5.89. The zero-order valence-electron chi connectivity index (χ0n) is 13.6. The highest BCUT2D eigenvalue weighted by Gasteiger charge is 2.33. The van der Waals surface area contributed by atoms with E-state index in [1.54, 1.807) is 6.92 Å². The molecule has 6 nitrogen and oxygen atoms in total. The van der Waals surface area contributed by atoms with Gasteiger partial charge in [-0.15, -0.1) is 0 Å². The van der Waals surface area contributed by atoms with Gasteiger partial charge < -0.3 is 5.32 Å². The standard InChI is InChI=1S/C15H21F2N3O3S/c1-3-18-15(21)11(2)19-6-8-20(9-7-19)24(22,23)14-10-12(16)4-5-13(14)17/h4-5,10-11H,3,6-9H2,1-2H3,(H,18,21)/t11-/m1/s1. The minimum absolute atomic E-state index is 0.113. The number of benzene rings is 1. The van der Waals surface area contributed by atoms with Crippen molar-refractivity contribution in [2.24, 2.45) is 0 Å². The number of carbonyl (C=O) groups is 1. The second-order valence-electron chi connectivity index (χ2n) is 5.59. The van der Waals surface area contributed by atoms with Crippen molar-refractivity contribution in [1.29, 1.82) is 0 Å². The lowest BCUT2D eigenvalue weighted by atomic mass is 10.2. The molecule has 9 heteroatoms. The van der Waals surface area contributed by atoms with Crippen molar-refractivity contribution in [2.75, 3.05) is 32.7 Å². The highest BCUT2D eigenvalue weighted by molar-refractivity contribution is 7.89. The fourth-order valence-corrected chi connectivity index (χ4v) is 4.13. The van der Waals surface area contributed by atoms with Crippen LogP contribution in [-0.4, -0.2) is 62.3 Å². The Morgan fingerprint density at radius 3 is 2.46 bits per heavy atom. The van der Waals surface area contributed by atoms with Crippen LogP contribution in [0.15, 0.2) is 23.1 Å². The molecular weight excluding hydrogens is 340 g/mol. The average molecular weight is 361 g/mol. The van der Waals surface area contributed by atoms with Crippen molar-refractivity contribution < 1.29 is 22.0 Å². The van der Waals surface area contributed by atoms with Crippen LogP contribution < -0.4 is 5.32 Å². The van der Waals surface area contributed by atoms with Crippen molar-refractivity contribution in [2.45, 2.75) is 24.8 Å². The molecule has 0 spiro atoms. The summed E-state index contributed by atoms with van der Waals surface area (Å²) in [5, 5.41) is 2.72. The van der Waals surface area contributed by atoms with E-state index < -0.39 is 26.6 Å². The lowest BCUT2D eigenvalue weighted by Crippen LogP contribution is -2.54. The third-order valence-electron chi connectivity index (χ3n) is 4.06. The maximum Gasteiger partial charge on any atom is 0.246 e. The lowest BCUT2D eigenvalue weighted by Gasteiger charge is -2.36. The van der Waals surface area contributed by atoms with E-state index in [0.717, 1.165) is 16.4 Å². The van der Waals surface area contributed by atoms with Gasteiger partial charge in [0.05, 0.1) is 6.04 Å². The molecule has 0 radical (unpaired) electrons. The second-order valence-corrected chi connectivity index (χ2v) is 7.49. The molecule has 1 aliphatic rings. The fourth-order valence-electron chi connectivity index (χ4n) is 2.63. The highest BCUT2D eigenvalue weighted by Crippen LogP contribution is 2.22. The van der Waals surface area contributed by atoms with Crippen molar-refractivity contribution in [3.63, 3.8) is 0 Å². The molecule has 134 valence electrons. The van der Waals surface area contributed by atoms with Crippen LogP contribution in [0.2, 0.25) is 0 Å². The van der Waals surface area contributed by atoms with Gasteiger partial charge in [0.25, 0.3) is 0 Å². The quantitative estimate of drug-likeness (QED) is 0.842. The summed E-state index contributed by atoms with van der Waals surface area (Å²) in [5.41, 5.74) is 0. The molecule has 1 saturated heterocycles. The first-order valence-corrected chi connectivity index (χ1v) is 9.18. The lowest BCUT2D eigenvalue weighted by molar-refractivity contribution is -0.126. The van der Waals surface area contributed by atoms with Gasteiger partial charge in [-0.1, -0.05) is 0 Å². The van der Waals surface area contributed by atoms with Gasteiger partial charge in [-0.05, 0) is 32.0 Å². The number of hydrogen-bond acceptors (Lipinski definition) is 4. The van der Waals surface area contributed by atoms with E-state index in [1.165, 1.54) is 0 Å². The number of nitrogens with one attached hydrogen (secondary N) is 1. The number of likely N-dealkylation sites (N-methyl/N-ethyl adjacent to an activating group) is 1. The molecule has 0 unspecified atom stereocenters. The summed E-state index contributed by atoms with van der Waals surface area (Å²) >= 11 is 0. The minimum atomic E-state index is -4.10. The van der Waals surface area contributed by atoms with Crippen LogP contribution in [0.1, 0.15) is 13.8 Å². The predicted octanol–water partition coefficient (Wildman–Crippen LogP) is 0.796.